The molecule has 1 atom stereocenters. The molecular formula is C22H24N4O2. The summed E-state index contributed by atoms with van der Waals surface area (Å²) < 4.78 is 5.46. The quantitative estimate of drug-likeness (QED) is 0.728. The fourth-order valence-electron chi connectivity index (χ4n) is 3.56. The zero-order valence-electron chi connectivity index (χ0n) is 15.8. The number of benzene rings is 2. The topological polar surface area (TPSA) is 71.3 Å². The Kier molecular flexibility index (Phi) is 5.66. The van der Waals surface area contributed by atoms with Gasteiger partial charge < -0.3 is 14.7 Å². The standard InChI is InChI=1S/C22H24N4O2/c27-22(23-16-18-11-5-2-6-12-18)26-14-8-7-13-19(26)21-24-20(28-25-21)15-17-9-3-1-4-10-17/h1-6,9-12,19H,7-8,13-16H2,(H,23,27)/t19-/m0/s1. The first kappa shape index (κ1) is 18.2. The van der Waals surface area contributed by atoms with Crippen LogP contribution < -0.4 is 5.32 Å². The number of likely N-dealkylation sites (tertiary alicyclic amines) is 1. The van der Waals surface area contributed by atoms with Gasteiger partial charge in [0.1, 0.15) is 0 Å². The van der Waals surface area contributed by atoms with Crippen LogP contribution in [0.15, 0.2) is 65.2 Å². The molecule has 1 N–H and O–H groups in total. The van der Waals surface area contributed by atoms with Crippen molar-refractivity contribution in [3.63, 3.8) is 0 Å². The van der Waals surface area contributed by atoms with Gasteiger partial charge in [-0.1, -0.05) is 65.8 Å². The maximum Gasteiger partial charge on any atom is 0.318 e. The van der Waals surface area contributed by atoms with Gasteiger partial charge in [0.2, 0.25) is 5.89 Å². The molecule has 28 heavy (non-hydrogen) atoms. The summed E-state index contributed by atoms with van der Waals surface area (Å²) in [4.78, 5) is 19.2. The van der Waals surface area contributed by atoms with Crippen LogP contribution in [0.2, 0.25) is 0 Å². The van der Waals surface area contributed by atoms with Crippen LogP contribution in [0.1, 0.15) is 48.1 Å². The number of hydrogen-bond donors (Lipinski definition) is 1. The Morgan fingerprint density at radius 3 is 2.50 bits per heavy atom. The molecule has 1 aliphatic rings. The van der Waals surface area contributed by atoms with Crippen molar-refractivity contribution in [2.75, 3.05) is 6.54 Å². The van der Waals surface area contributed by atoms with E-state index >= 15 is 0 Å². The van der Waals surface area contributed by atoms with E-state index in [1.54, 1.807) is 0 Å². The molecule has 0 aliphatic carbocycles. The number of carbonyl (C=O) groups excluding carboxylic acids is 1. The number of nitrogens with zero attached hydrogens (tertiary/aromatic N) is 3. The Labute approximate surface area is 164 Å². The lowest BCUT2D eigenvalue weighted by Gasteiger charge is -2.33. The molecule has 2 heterocycles. The second-order valence-electron chi connectivity index (χ2n) is 7.06. The Hall–Kier alpha value is -3.15. The molecule has 0 spiro atoms. The molecule has 3 aromatic rings. The van der Waals surface area contributed by atoms with Crippen LogP contribution in [0.3, 0.4) is 0 Å². The zero-order valence-corrected chi connectivity index (χ0v) is 15.8. The number of amides is 2. The molecule has 1 fully saturated rings. The van der Waals surface area contributed by atoms with Crippen molar-refractivity contribution in [1.82, 2.24) is 20.4 Å². The molecule has 6 heteroatoms. The molecule has 0 saturated carbocycles. The predicted molar refractivity (Wildman–Crippen MR) is 106 cm³/mol. The van der Waals surface area contributed by atoms with Crippen LogP contribution in [0.5, 0.6) is 0 Å². The highest BCUT2D eigenvalue weighted by Crippen LogP contribution is 2.29. The van der Waals surface area contributed by atoms with Crippen molar-refractivity contribution in [2.24, 2.45) is 0 Å². The number of urea groups is 1. The minimum absolute atomic E-state index is 0.0806. The van der Waals surface area contributed by atoms with Crippen LogP contribution in [-0.2, 0) is 13.0 Å². The molecule has 0 unspecified atom stereocenters. The monoisotopic (exact) mass is 376 g/mol. The van der Waals surface area contributed by atoms with Crippen LogP contribution in [0, 0.1) is 0 Å². The van der Waals surface area contributed by atoms with E-state index in [0.717, 1.165) is 30.4 Å². The lowest BCUT2D eigenvalue weighted by atomic mass is 10.0. The second-order valence-corrected chi connectivity index (χ2v) is 7.06. The molecule has 2 aromatic carbocycles. The zero-order chi connectivity index (χ0) is 19.2. The molecule has 6 nitrogen and oxygen atoms in total. The molecular weight excluding hydrogens is 352 g/mol. The predicted octanol–water partition coefficient (Wildman–Crippen LogP) is 4.10. The maximum atomic E-state index is 12.8. The van der Waals surface area contributed by atoms with Crippen molar-refractivity contribution in [1.29, 1.82) is 0 Å². The minimum atomic E-state index is -0.141. The molecule has 1 saturated heterocycles. The maximum absolute atomic E-state index is 12.8. The van der Waals surface area contributed by atoms with E-state index in [9.17, 15) is 4.79 Å². The average molecular weight is 376 g/mol. The van der Waals surface area contributed by atoms with E-state index in [0.29, 0.717) is 31.2 Å². The number of hydrogen-bond acceptors (Lipinski definition) is 4. The Bertz CT molecular complexity index is 895. The van der Waals surface area contributed by atoms with Gasteiger partial charge in [-0.05, 0) is 30.4 Å². The third kappa shape index (κ3) is 4.39. The highest BCUT2D eigenvalue weighted by atomic mass is 16.5. The second kappa shape index (κ2) is 8.69. The van der Waals surface area contributed by atoms with Crippen molar-refractivity contribution in [3.05, 3.63) is 83.5 Å². The number of piperidine rings is 1. The first-order valence-corrected chi connectivity index (χ1v) is 9.74. The summed E-state index contributed by atoms with van der Waals surface area (Å²) in [5, 5.41) is 7.20. The third-order valence-corrected chi connectivity index (χ3v) is 5.03. The summed E-state index contributed by atoms with van der Waals surface area (Å²) in [5.74, 6) is 1.18. The summed E-state index contributed by atoms with van der Waals surface area (Å²) in [6.07, 6.45) is 3.49. The first-order valence-electron chi connectivity index (χ1n) is 9.74. The van der Waals surface area contributed by atoms with Crippen molar-refractivity contribution in [3.8, 4) is 0 Å². The van der Waals surface area contributed by atoms with Crippen molar-refractivity contribution >= 4 is 6.03 Å². The van der Waals surface area contributed by atoms with E-state index in [1.807, 2.05) is 65.6 Å². The van der Waals surface area contributed by atoms with Gasteiger partial charge in [-0.15, -0.1) is 0 Å². The molecule has 4 rings (SSSR count). The molecule has 1 aromatic heterocycles. The fraction of sp³-hybridized carbons (Fsp3) is 0.318. The molecule has 0 radical (unpaired) electrons. The lowest BCUT2D eigenvalue weighted by molar-refractivity contribution is 0.145. The molecule has 2 amide bonds. The van der Waals surface area contributed by atoms with Gasteiger partial charge in [0.15, 0.2) is 5.82 Å². The van der Waals surface area contributed by atoms with Gasteiger partial charge in [0.05, 0.1) is 12.5 Å². The average Bonchev–Trinajstić information content (AvgIpc) is 3.22. The van der Waals surface area contributed by atoms with Gasteiger partial charge in [-0.25, -0.2) is 4.79 Å². The minimum Gasteiger partial charge on any atom is -0.339 e. The molecule has 144 valence electrons. The van der Waals surface area contributed by atoms with Gasteiger partial charge in [-0.2, -0.15) is 4.98 Å². The number of rotatable bonds is 5. The van der Waals surface area contributed by atoms with Crippen LogP contribution in [0.4, 0.5) is 4.79 Å². The Morgan fingerprint density at radius 2 is 1.75 bits per heavy atom. The largest absolute Gasteiger partial charge is 0.339 e. The Balaban J connectivity index is 1.42. The van der Waals surface area contributed by atoms with E-state index < -0.39 is 0 Å². The number of nitrogens with one attached hydrogen (secondary N) is 1. The number of aromatic nitrogens is 2. The number of carbonyl (C=O) groups is 1. The highest BCUT2D eigenvalue weighted by molar-refractivity contribution is 5.74. The molecule has 1 aliphatic heterocycles. The van der Waals surface area contributed by atoms with Gasteiger partial charge in [-0.3, -0.25) is 0 Å². The summed E-state index contributed by atoms with van der Waals surface area (Å²) in [6, 6.07) is 19.7. The van der Waals surface area contributed by atoms with Crippen LogP contribution in [0.25, 0.3) is 0 Å². The Morgan fingerprint density at radius 1 is 1.04 bits per heavy atom. The molecule has 0 bridgehead atoms. The third-order valence-electron chi connectivity index (χ3n) is 5.03. The summed E-state index contributed by atoms with van der Waals surface area (Å²) in [6.45, 7) is 1.21. The normalized spacial score (nSPS) is 16.7. The van der Waals surface area contributed by atoms with Gasteiger partial charge in [0.25, 0.3) is 0 Å². The van der Waals surface area contributed by atoms with Gasteiger partial charge in [0, 0.05) is 13.1 Å². The van der Waals surface area contributed by atoms with Crippen molar-refractivity contribution < 1.29 is 9.32 Å². The van der Waals surface area contributed by atoms with Crippen LogP contribution >= 0.6 is 0 Å². The van der Waals surface area contributed by atoms with Crippen LogP contribution in [-0.4, -0.2) is 27.6 Å². The van der Waals surface area contributed by atoms with Crippen molar-refractivity contribution in [2.45, 2.75) is 38.3 Å². The highest BCUT2D eigenvalue weighted by Gasteiger charge is 2.31. The van der Waals surface area contributed by atoms with E-state index in [2.05, 4.69) is 15.5 Å². The van der Waals surface area contributed by atoms with E-state index in [-0.39, 0.29) is 12.1 Å². The van der Waals surface area contributed by atoms with E-state index in [4.69, 9.17) is 4.52 Å². The lowest BCUT2D eigenvalue weighted by Crippen LogP contribution is -2.44. The van der Waals surface area contributed by atoms with E-state index in [1.165, 1.54) is 0 Å². The fourth-order valence-corrected chi connectivity index (χ4v) is 3.56. The summed E-state index contributed by atoms with van der Waals surface area (Å²) >= 11 is 0. The smallest absolute Gasteiger partial charge is 0.318 e. The van der Waals surface area contributed by atoms with Gasteiger partial charge >= 0.3 is 6.03 Å². The summed E-state index contributed by atoms with van der Waals surface area (Å²) in [7, 11) is 0. The first-order chi connectivity index (χ1) is 13.8. The summed E-state index contributed by atoms with van der Waals surface area (Å²) in [5.41, 5.74) is 2.20. The SMILES string of the molecule is O=C(NCc1ccccc1)N1CCCC[C@H]1c1noc(Cc2ccccc2)n1.